The summed E-state index contributed by atoms with van der Waals surface area (Å²) in [5, 5.41) is 0. The lowest BCUT2D eigenvalue weighted by atomic mass is 9.87. The van der Waals surface area contributed by atoms with Crippen molar-refractivity contribution in [1.82, 2.24) is 0 Å². The van der Waals surface area contributed by atoms with Gasteiger partial charge >= 0.3 is 0 Å². The maximum absolute atomic E-state index is 12.0. The van der Waals surface area contributed by atoms with Gasteiger partial charge in [0.2, 0.25) is 5.91 Å². The molecule has 20 heavy (non-hydrogen) atoms. The van der Waals surface area contributed by atoms with Crippen LogP contribution in [0.4, 0.5) is 5.69 Å². The van der Waals surface area contributed by atoms with E-state index in [1.807, 2.05) is 17.0 Å². The largest absolute Gasteiger partial charge is 0.312 e. The molecule has 0 unspecified atom stereocenters. The minimum Gasteiger partial charge on any atom is -0.312 e. The molecule has 2 heteroatoms. The molecule has 2 nitrogen and oxygen atoms in total. The maximum Gasteiger partial charge on any atom is 0.223 e. The summed E-state index contributed by atoms with van der Waals surface area (Å²) in [7, 11) is 0. The molecular formula is C18H27NO. The van der Waals surface area contributed by atoms with Gasteiger partial charge in [-0.2, -0.15) is 0 Å². The highest BCUT2D eigenvalue weighted by atomic mass is 16.2. The number of carbonyl (C=O) groups excluding carboxylic acids is 1. The number of hydrogen-bond acceptors (Lipinski definition) is 1. The van der Waals surface area contributed by atoms with Gasteiger partial charge in [0.25, 0.3) is 0 Å². The Morgan fingerprint density at radius 1 is 1.25 bits per heavy atom. The van der Waals surface area contributed by atoms with E-state index in [-0.39, 0.29) is 11.3 Å². The number of benzene rings is 1. The van der Waals surface area contributed by atoms with Gasteiger partial charge in [0.1, 0.15) is 0 Å². The monoisotopic (exact) mass is 273 g/mol. The number of aryl methyl sites for hydroxylation is 1. The zero-order valence-electron chi connectivity index (χ0n) is 13.7. The van der Waals surface area contributed by atoms with Crippen molar-refractivity contribution in [3.63, 3.8) is 0 Å². The van der Waals surface area contributed by atoms with Crippen LogP contribution in [0.2, 0.25) is 0 Å². The Morgan fingerprint density at radius 3 is 2.40 bits per heavy atom. The number of anilines is 1. The van der Waals surface area contributed by atoms with Gasteiger partial charge < -0.3 is 4.90 Å². The van der Waals surface area contributed by atoms with Crippen LogP contribution in [0.3, 0.4) is 0 Å². The summed E-state index contributed by atoms with van der Waals surface area (Å²) in [4.78, 5) is 13.9. The van der Waals surface area contributed by atoms with Gasteiger partial charge in [-0.25, -0.2) is 0 Å². The van der Waals surface area contributed by atoms with Gasteiger partial charge in [0.05, 0.1) is 0 Å². The summed E-state index contributed by atoms with van der Waals surface area (Å²) >= 11 is 0. The van der Waals surface area contributed by atoms with Crippen molar-refractivity contribution >= 4 is 11.6 Å². The first-order valence-corrected chi connectivity index (χ1v) is 7.19. The third-order valence-corrected chi connectivity index (χ3v) is 3.34. The van der Waals surface area contributed by atoms with Crippen molar-refractivity contribution < 1.29 is 4.79 Å². The molecule has 1 aromatic rings. The molecule has 0 aliphatic carbocycles. The molecule has 0 saturated heterocycles. The fraction of sp³-hybridized carbons (Fsp3) is 0.500. The van der Waals surface area contributed by atoms with Crippen LogP contribution in [0.25, 0.3) is 0 Å². The Balaban J connectivity index is 2.93. The number of carbonyl (C=O) groups is 1. The summed E-state index contributed by atoms with van der Waals surface area (Å²) < 4.78 is 0. The van der Waals surface area contributed by atoms with E-state index in [1.165, 1.54) is 11.1 Å². The molecule has 0 aliphatic rings. The molecule has 0 N–H and O–H groups in total. The highest BCUT2D eigenvalue weighted by molar-refractivity contribution is 5.91. The smallest absolute Gasteiger partial charge is 0.223 e. The number of allylic oxidation sites excluding steroid dienone is 2. The molecule has 0 aliphatic heterocycles. The van der Waals surface area contributed by atoms with Crippen LogP contribution >= 0.6 is 0 Å². The Kier molecular flexibility index (Phi) is 5.55. The topological polar surface area (TPSA) is 20.3 Å². The Bertz CT molecular complexity index is 496. The molecular weight excluding hydrogens is 246 g/mol. The highest BCUT2D eigenvalue weighted by Gasteiger charge is 2.23. The summed E-state index contributed by atoms with van der Waals surface area (Å²) in [5.74, 6) is 0.0980. The SMILES string of the molecule is CC(=O)N(CC(C)(C)CC=C(C)C)c1cccc(C)c1. The molecule has 0 atom stereocenters. The molecule has 1 rings (SSSR count). The molecule has 0 radical (unpaired) electrons. The number of nitrogens with zero attached hydrogens (tertiary/aromatic N) is 1. The minimum atomic E-state index is 0.0622. The van der Waals surface area contributed by atoms with Crippen molar-refractivity contribution in [1.29, 1.82) is 0 Å². The first-order chi connectivity index (χ1) is 9.21. The van der Waals surface area contributed by atoms with E-state index < -0.39 is 0 Å². The lowest BCUT2D eigenvalue weighted by Crippen LogP contribution is -2.37. The first-order valence-electron chi connectivity index (χ1n) is 7.19. The second-order valence-electron chi connectivity index (χ2n) is 6.59. The molecule has 0 bridgehead atoms. The van der Waals surface area contributed by atoms with Crippen LogP contribution in [0.5, 0.6) is 0 Å². The second kappa shape index (κ2) is 6.74. The predicted molar refractivity (Wildman–Crippen MR) is 87.0 cm³/mol. The Morgan fingerprint density at radius 2 is 1.90 bits per heavy atom. The van der Waals surface area contributed by atoms with E-state index in [2.05, 4.69) is 52.8 Å². The normalized spacial score (nSPS) is 11.1. The molecule has 1 aromatic carbocycles. The Labute approximate surface area is 123 Å². The quantitative estimate of drug-likeness (QED) is 0.710. The Hall–Kier alpha value is -1.57. The zero-order valence-corrected chi connectivity index (χ0v) is 13.7. The summed E-state index contributed by atoms with van der Waals surface area (Å²) in [5.41, 5.74) is 3.55. The van der Waals surface area contributed by atoms with Gasteiger partial charge in [0, 0.05) is 19.2 Å². The average molecular weight is 273 g/mol. The van der Waals surface area contributed by atoms with E-state index in [0.717, 1.165) is 18.7 Å². The van der Waals surface area contributed by atoms with Gasteiger partial charge in [-0.15, -0.1) is 0 Å². The zero-order chi connectivity index (χ0) is 15.3. The molecule has 0 aromatic heterocycles. The van der Waals surface area contributed by atoms with Gasteiger partial charge in [0.15, 0.2) is 0 Å². The van der Waals surface area contributed by atoms with Crippen molar-refractivity contribution in [3.05, 3.63) is 41.5 Å². The van der Waals surface area contributed by atoms with Gasteiger partial charge in [-0.1, -0.05) is 37.6 Å². The standard InChI is InChI=1S/C18H27NO/c1-14(2)10-11-18(5,6)13-19(16(4)20)17-9-7-8-15(3)12-17/h7-10,12H,11,13H2,1-6H3. The average Bonchev–Trinajstić information content (AvgIpc) is 2.33. The fourth-order valence-electron chi connectivity index (χ4n) is 2.15. The molecule has 0 fully saturated rings. The molecule has 0 saturated carbocycles. The van der Waals surface area contributed by atoms with E-state index in [9.17, 15) is 4.79 Å². The lowest BCUT2D eigenvalue weighted by Gasteiger charge is -2.32. The van der Waals surface area contributed by atoms with Crippen LogP contribution < -0.4 is 4.90 Å². The number of hydrogen-bond donors (Lipinski definition) is 0. The van der Waals surface area contributed by atoms with E-state index >= 15 is 0 Å². The number of rotatable bonds is 5. The maximum atomic E-state index is 12.0. The second-order valence-corrected chi connectivity index (χ2v) is 6.59. The van der Waals surface area contributed by atoms with Gasteiger partial charge in [-0.3, -0.25) is 4.79 Å². The van der Waals surface area contributed by atoms with E-state index in [1.54, 1.807) is 6.92 Å². The number of amides is 1. The minimum absolute atomic E-state index is 0.0622. The lowest BCUT2D eigenvalue weighted by molar-refractivity contribution is -0.116. The molecule has 0 spiro atoms. The third-order valence-electron chi connectivity index (χ3n) is 3.34. The van der Waals surface area contributed by atoms with Crippen molar-refractivity contribution in [2.24, 2.45) is 5.41 Å². The van der Waals surface area contributed by atoms with Crippen molar-refractivity contribution in [2.45, 2.75) is 48.0 Å². The summed E-state index contributed by atoms with van der Waals surface area (Å²) in [6, 6.07) is 8.13. The van der Waals surface area contributed by atoms with Crippen LogP contribution in [0.15, 0.2) is 35.9 Å². The van der Waals surface area contributed by atoms with Crippen LogP contribution in [0, 0.1) is 12.3 Å². The van der Waals surface area contributed by atoms with E-state index in [4.69, 9.17) is 0 Å². The molecule has 1 amide bonds. The van der Waals surface area contributed by atoms with Crippen molar-refractivity contribution in [3.8, 4) is 0 Å². The van der Waals surface area contributed by atoms with Crippen LogP contribution in [0.1, 0.15) is 46.6 Å². The van der Waals surface area contributed by atoms with Crippen molar-refractivity contribution in [2.75, 3.05) is 11.4 Å². The first kappa shape index (κ1) is 16.5. The molecule has 0 heterocycles. The fourth-order valence-corrected chi connectivity index (χ4v) is 2.15. The predicted octanol–water partition coefficient (Wildman–Crippen LogP) is 4.73. The third kappa shape index (κ3) is 5.20. The highest BCUT2D eigenvalue weighted by Crippen LogP contribution is 2.27. The van der Waals surface area contributed by atoms with Gasteiger partial charge in [-0.05, 0) is 50.3 Å². The van der Waals surface area contributed by atoms with Crippen LogP contribution in [-0.4, -0.2) is 12.5 Å². The van der Waals surface area contributed by atoms with Crippen LogP contribution in [-0.2, 0) is 4.79 Å². The molecule has 110 valence electrons. The van der Waals surface area contributed by atoms with E-state index in [0.29, 0.717) is 0 Å². The summed E-state index contributed by atoms with van der Waals surface area (Å²) in [6.45, 7) is 13.1. The summed E-state index contributed by atoms with van der Waals surface area (Å²) in [6.07, 6.45) is 3.22.